The first-order valence-electron chi connectivity index (χ1n) is 4.92. The second kappa shape index (κ2) is 3.66. The van der Waals surface area contributed by atoms with Gasteiger partial charge in [0.15, 0.2) is 0 Å². The van der Waals surface area contributed by atoms with Crippen LogP contribution in [0.4, 0.5) is 0 Å². The van der Waals surface area contributed by atoms with Crippen molar-refractivity contribution in [2.75, 3.05) is 0 Å². The predicted octanol–water partition coefficient (Wildman–Crippen LogP) is 2.95. The number of nitrogens with one attached hydrogen (secondary N) is 1. The van der Waals surface area contributed by atoms with E-state index >= 15 is 0 Å². The van der Waals surface area contributed by atoms with E-state index in [0.29, 0.717) is 0 Å². The topological polar surface area (TPSA) is 28.7 Å². The van der Waals surface area contributed by atoms with Crippen LogP contribution in [-0.2, 0) is 6.42 Å². The average molecular weight is 186 g/mol. The molecule has 2 aromatic rings. The quantitative estimate of drug-likeness (QED) is 0.767. The Morgan fingerprint density at radius 2 is 1.93 bits per heavy atom. The molecule has 0 radical (unpaired) electrons. The summed E-state index contributed by atoms with van der Waals surface area (Å²) >= 11 is 0. The van der Waals surface area contributed by atoms with Crippen molar-refractivity contribution in [1.29, 1.82) is 0 Å². The van der Waals surface area contributed by atoms with Crippen LogP contribution in [0.3, 0.4) is 0 Å². The van der Waals surface area contributed by atoms with E-state index in [1.165, 1.54) is 16.8 Å². The minimum Gasteiger partial charge on any atom is -0.282 e. The van der Waals surface area contributed by atoms with Crippen LogP contribution >= 0.6 is 0 Å². The molecule has 0 aliphatic carbocycles. The molecule has 0 unspecified atom stereocenters. The van der Waals surface area contributed by atoms with Gasteiger partial charge in [-0.25, -0.2) is 0 Å². The molecule has 0 saturated carbocycles. The van der Waals surface area contributed by atoms with Gasteiger partial charge in [-0.1, -0.05) is 37.3 Å². The highest BCUT2D eigenvalue weighted by atomic mass is 15.1. The van der Waals surface area contributed by atoms with Crippen molar-refractivity contribution >= 4 is 0 Å². The molecule has 1 N–H and O–H groups in total. The van der Waals surface area contributed by atoms with Crippen LogP contribution in [0.1, 0.15) is 18.2 Å². The molecule has 1 aromatic carbocycles. The molecule has 0 bridgehead atoms. The van der Waals surface area contributed by atoms with Gasteiger partial charge in [0.25, 0.3) is 0 Å². The van der Waals surface area contributed by atoms with Gasteiger partial charge in [0.2, 0.25) is 0 Å². The summed E-state index contributed by atoms with van der Waals surface area (Å²) in [6, 6.07) is 10.3. The maximum atomic E-state index is 4.33. The smallest absolute Gasteiger partial charge is 0.0955 e. The summed E-state index contributed by atoms with van der Waals surface area (Å²) in [7, 11) is 0. The van der Waals surface area contributed by atoms with Crippen LogP contribution in [0.2, 0.25) is 0 Å². The molecule has 1 heterocycles. The van der Waals surface area contributed by atoms with Gasteiger partial charge in [-0.05, 0) is 13.3 Å². The third-order valence-electron chi connectivity index (χ3n) is 2.47. The zero-order valence-electron chi connectivity index (χ0n) is 8.54. The van der Waals surface area contributed by atoms with Gasteiger partial charge in [0, 0.05) is 16.8 Å². The Labute approximate surface area is 84.0 Å². The van der Waals surface area contributed by atoms with E-state index in [-0.39, 0.29) is 0 Å². The molecule has 2 rings (SSSR count). The van der Waals surface area contributed by atoms with Crippen LogP contribution in [0.25, 0.3) is 11.3 Å². The number of rotatable bonds is 2. The van der Waals surface area contributed by atoms with Crippen molar-refractivity contribution in [3.05, 3.63) is 41.6 Å². The molecule has 2 heteroatoms. The molecular formula is C12H14N2. The van der Waals surface area contributed by atoms with Gasteiger partial charge < -0.3 is 0 Å². The van der Waals surface area contributed by atoms with Crippen LogP contribution < -0.4 is 0 Å². The molecule has 0 spiro atoms. The molecule has 0 saturated heterocycles. The summed E-state index contributed by atoms with van der Waals surface area (Å²) in [5.41, 5.74) is 4.77. The Morgan fingerprint density at radius 1 is 1.21 bits per heavy atom. The number of aromatic nitrogens is 2. The van der Waals surface area contributed by atoms with E-state index in [1.54, 1.807) is 0 Å². The summed E-state index contributed by atoms with van der Waals surface area (Å²) in [6.45, 7) is 4.22. The Hall–Kier alpha value is -1.57. The van der Waals surface area contributed by atoms with Crippen molar-refractivity contribution < 1.29 is 0 Å². The van der Waals surface area contributed by atoms with Crippen LogP contribution in [0, 0.1) is 6.92 Å². The van der Waals surface area contributed by atoms with Crippen molar-refractivity contribution in [3.63, 3.8) is 0 Å². The standard InChI is InChI=1S/C12H14N2/c1-3-11-9(2)13-14-12(11)10-7-5-4-6-8-10/h4-8H,3H2,1-2H3,(H,13,14). The number of hydrogen-bond acceptors (Lipinski definition) is 1. The van der Waals surface area contributed by atoms with E-state index in [1.807, 2.05) is 18.2 Å². The molecule has 0 aliphatic heterocycles. The summed E-state index contributed by atoms with van der Waals surface area (Å²) < 4.78 is 0. The third-order valence-corrected chi connectivity index (χ3v) is 2.47. The van der Waals surface area contributed by atoms with E-state index in [4.69, 9.17) is 0 Å². The number of aromatic amines is 1. The average Bonchev–Trinajstić information content (AvgIpc) is 2.61. The van der Waals surface area contributed by atoms with Gasteiger partial charge in [0.1, 0.15) is 0 Å². The summed E-state index contributed by atoms with van der Waals surface area (Å²) in [5.74, 6) is 0. The second-order valence-corrected chi connectivity index (χ2v) is 3.40. The number of H-pyrrole nitrogens is 1. The summed E-state index contributed by atoms with van der Waals surface area (Å²) in [4.78, 5) is 0. The number of hydrogen-bond donors (Lipinski definition) is 1. The van der Waals surface area contributed by atoms with E-state index in [2.05, 4.69) is 36.2 Å². The second-order valence-electron chi connectivity index (χ2n) is 3.40. The number of aryl methyl sites for hydroxylation is 1. The summed E-state index contributed by atoms with van der Waals surface area (Å²) in [6.07, 6.45) is 1.02. The normalized spacial score (nSPS) is 10.4. The third kappa shape index (κ3) is 1.43. The maximum absolute atomic E-state index is 4.33. The fraction of sp³-hybridized carbons (Fsp3) is 0.250. The highest BCUT2D eigenvalue weighted by molar-refractivity contribution is 5.63. The minimum absolute atomic E-state index is 1.02. The lowest BCUT2D eigenvalue weighted by Gasteiger charge is -1.99. The zero-order chi connectivity index (χ0) is 9.97. The zero-order valence-corrected chi connectivity index (χ0v) is 8.54. The molecule has 0 fully saturated rings. The first-order valence-corrected chi connectivity index (χ1v) is 4.92. The molecule has 14 heavy (non-hydrogen) atoms. The lowest BCUT2D eigenvalue weighted by molar-refractivity contribution is 1.04. The maximum Gasteiger partial charge on any atom is 0.0955 e. The molecule has 72 valence electrons. The van der Waals surface area contributed by atoms with Crippen molar-refractivity contribution in [2.45, 2.75) is 20.3 Å². The highest BCUT2D eigenvalue weighted by Gasteiger charge is 2.09. The SMILES string of the molecule is CCc1c(-c2ccccc2)n[nH]c1C. The summed E-state index contributed by atoms with van der Waals surface area (Å²) in [5, 5.41) is 7.37. The van der Waals surface area contributed by atoms with Gasteiger partial charge in [-0.15, -0.1) is 0 Å². The van der Waals surface area contributed by atoms with Crippen molar-refractivity contribution in [2.24, 2.45) is 0 Å². The first kappa shape index (κ1) is 9.00. The minimum atomic E-state index is 1.02. The Bertz CT molecular complexity index is 415. The Morgan fingerprint density at radius 3 is 2.57 bits per heavy atom. The Kier molecular flexibility index (Phi) is 2.35. The molecule has 0 amide bonds. The molecule has 2 nitrogen and oxygen atoms in total. The molecule has 0 atom stereocenters. The van der Waals surface area contributed by atoms with Crippen LogP contribution in [-0.4, -0.2) is 10.2 Å². The van der Waals surface area contributed by atoms with Gasteiger partial charge in [-0.2, -0.15) is 5.10 Å². The van der Waals surface area contributed by atoms with Crippen molar-refractivity contribution in [3.8, 4) is 11.3 Å². The number of benzene rings is 1. The largest absolute Gasteiger partial charge is 0.282 e. The lowest BCUT2D eigenvalue weighted by Crippen LogP contribution is -1.85. The fourth-order valence-electron chi connectivity index (χ4n) is 1.72. The van der Waals surface area contributed by atoms with E-state index < -0.39 is 0 Å². The fourth-order valence-corrected chi connectivity index (χ4v) is 1.72. The first-order chi connectivity index (χ1) is 6.83. The van der Waals surface area contributed by atoms with Crippen molar-refractivity contribution in [1.82, 2.24) is 10.2 Å². The van der Waals surface area contributed by atoms with Gasteiger partial charge in [-0.3, -0.25) is 5.10 Å². The molecule has 1 aromatic heterocycles. The van der Waals surface area contributed by atoms with E-state index in [9.17, 15) is 0 Å². The molecule has 0 aliphatic rings. The molecular weight excluding hydrogens is 172 g/mol. The Balaban J connectivity index is 2.52. The number of nitrogens with zero attached hydrogens (tertiary/aromatic N) is 1. The highest BCUT2D eigenvalue weighted by Crippen LogP contribution is 2.23. The van der Waals surface area contributed by atoms with E-state index in [0.717, 1.165) is 12.1 Å². The van der Waals surface area contributed by atoms with Gasteiger partial charge in [0.05, 0.1) is 5.69 Å². The van der Waals surface area contributed by atoms with Crippen LogP contribution in [0.5, 0.6) is 0 Å². The monoisotopic (exact) mass is 186 g/mol. The lowest BCUT2D eigenvalue weighted by atomic mass is 10.0. The van der Waals surface area contributed by atoms with Crippen LogP contribution in [0.15, 0.2) is 30.3 Å². The van der Waals surface area contributed by atoms with Gasteiger partial charge >= 0.3 is 0 Å². The predicted molar refractivity (Wildman–Crippen MR) is 58.1 cm³/mol.